The number of ether oxygens (including phenoxy) is 1. The van der Waals surface area contributed by atoms with E-state index < -0.39 is 0 Å². The summed E-state index contributed by atoms with van der Waals surface area (Å²) in [5, 5.41) is 6.54. The number of rotatable bonds is 6. The van der Waals surface area contributed by atoms with Crippen molar-refractivity contribution in [1.29, 1.82) is 0 Å². The summed E-state index contributed by atoms with van der Waals surface area (Å²) >= 11 is 0. The molecule has 0 radical (unpaired) electrons. The molecule has 1 aliphatic heterocycles. The van der Waals surface area contributed by atoms with Gasteiger partial charge < -0.3 is 15.4 Å². The molecule has 116 valence electrons. The molecule has 2 rings (SSSR count). The van der Waals surface area contributed by atoms with Gasteiger partial charge in [0.05, 0.1) is 12.0 Å². The van der Waals surface area contributed by atoms with E-state index in [0.717, 1.165) is 45.4 Å². The Bertz CT molecular complexity index is 324. The molecule has 1 aliphatic carbocycles. The van der Waals surface area contributed by atoms with E-state index >= 15 is 0 Å². The first-order chi connectivity index (χ1) is 9.55. The molecule has 20 heavy (non-hydrogen) atoms. The van der Waals surface area contributed by atoms with E-state index in [1.54, 1.807) is 0 Å². The van der Waals surface area contributed by atoms with E-state index in [-0.39, 0.29) is 23.3 Å². The Labute approximate surface area is 123 Å². The topological polar surface area (TPSA) is 50.4 Å². The van der Waals surface area contributed by atoms with Gasteiger partial charge in [-0.15, -0.1) is 0 Å². The summed E-state index contributed by atoms with van der Waals surface area (Å²) in [6.45, 7) is 9.31. The predicted octanol–water partition coefficient (Wildman–Crippen LogP) is 2.09. The summed E-state index contributed by atoms with van der Waals surface area (Å²) in [5.74, 6) is 0.377. The van der Waals surface area contributed by atoms with Crippen molar-refractivity contribution in [3.63, 3.8) is 0 Å². The number of carbonyl (C=O) groups is 1. The summed E-state index contributed by atoms with van der Waals surface area (Å²) in [6, 6.07) is 0.267. The van der Waals surface area contributed by atoms with E-state index in [0.29, 0.717) is 6.10 Å². The molecule has 0 spiro atoms. The van der Waals surface area contributed by atoms with Crippen LogP contribution in [0.25, 0.3) is 0 Å². The van der Waals surface area contributed by atoms with Crippen molar-refractivity contribution in [3.05, 3.63) is 0 Å². The van der Waals surface area contributed by atoms with Gasteiger partial charge >= 0.3 is 0 Å². The summed E-state index contributed by atoms with van der Waals surface area (Å²) in [4.78, 5) is 12.3. The minimum Gasteiger partial charge on any atom is -0.378 e. The third-order valence-corrected chi connectivity index (χ3v) is 4.98. The van der Waals surface area contributed by atoms with Gasteiger partial charge in [0.2, 0.25) is 5.91 Å². The van der Waals surface area contributed by atoms with Crippen LogP contribution >= 0.6 is 0 Å². The maximum atomic E-state index is 12.3. The zero-order chi connectivity index (χ0) is 14.6. The van der Waals surface area contributed by atoms with Crippen molar-refractivity contribution in [2.24, 2.45) is 11.3 Å². The molecular weight excluding hydrogens is 252 g/mol. The lowest BCUT2D eigenvalue weighted by Crippen LogP contribution is -2.63. The first kappa shape index (κ1) is 15.8. The van der Waals surface area contributed by atoms with Crippen LogP contribution < -0.4 is 10.6 Å². The molecule has 0 aromatic heterocycles. The van der Waals surface area contributed by atoms with Crippen molar-refractivity contribution in [1.82, 2.24) is 10.6 Å². The summed E-state index contributed by atoms with van der Waals surface area (Å²) in [6.07, 6.45) is 5.67. The first-order valence-corrected chi connectivity index (χ1v) is 8.18. The van der Waals surface area contributed by atoms with Crippen LogP contribution in [-0.2, 0) is 9.53 Å². The molecule has 0 aromatic rings. The number of hydrogen-bond acceptors (Lipinski definition) is 3. The van der Waals surface area contributed by atoms with Crippen LogP contribution in [0.1, 0.15) is 52.9 Å². The lowest BCUT2D eigenvalue weighted by Gasteiger charge is -2.52. The standard InChI is InChI=1S/C16H30N2O2/c1-4-5-9-20-14-10-13(16(14,2)3)18-15(19)12-7-6-8-17-11-12/h12-14,17H,4-11H2,1-3H3,(H,18,19). The smallest absolute Gasteiger partial charge is 0.224 e. The molecule has 2 fully saturated rings. The Morgan fingerprint density at radius 1 is 1.45 bits per heavy atom. The average molecular weight is 282 g/mol. The molecule has 2 aliphatic rings. The van der Waals surface area contributed by atoms with E-state index in [9.17, 15) is 4.79 Å². The Morgan fingerprint density at radius 3 is 2.85 bits per heavy atom. The Balaban J connectivity index is 1.75. The molecule has 2 N–H and O–H groups in total. The van der Waals surface area contributed by atoms with Gasteiger partial charge in [0.25, 0.3) is 0 Å². The van der Waals surface area contributed by atoms with Gasteiger partial charge in [-0.1, -0.05) is 27.2 Å². The zero-order valence-corrected chi connectivity index (χ0v) is 13.2. The quantitative estimate of drug-likeness (QED) is 0.733. The van der Waals surface area contributed by atoms with E-state index in [1.165, 1.54) is 6.42 Å². The van der Waals surface area contributed by atoms with Crippen molar-refractivity contribution in [2.45, 2.75) is 65.0 Å². The SMILES string of the molecule is CCCCOC1CC(NC(=O)C2CCCNC2)C1(C)C. The minimum atomic E-state index is 0.0610. The lowest BCUT2D eigenvalue weighted by molar-refractivity contribution is -0.141. The highest BCUT2D eigenvalue weighted by atomic mass is 16.5. The number of amides is 1. The van der Waals surface area contributed by atoms with E-state index in [2.05, 4.69) is 31.4 Å². The number of nitrogens with one attached hydrogen (secondary N) is 2. The second kappa shape index (κ2) is 6.90. The second-order valence-electron chi connectivity index (χ2n) is 6.87. The van der Waals surface area contributed by atoms with Gasteiger partial charge in [-0.05, 0) is 32.2 Å². The fourth-order valence-electron chi connectivity index (χ4n) is 3.15. The number of carbonyl (C=O) groups excluding carboxylic acids is 1. The molecule has 1 amide bonds. The molecule has 3 unspecified atom stereocenters. The monoisotopic (exact) mass is 282 g/mol. The summed E-state index contributed by atoms with van der Waals surface area (Å²) in [7, 11) is 0. The van der Waals surface area contributed by atoms with Crippen LogP contribution in [0.2, 0.25) is 0 Å². The largest absolute Gasteiger partial charge is 0.378 e. The molecule has 0 bridgehead atoms. The summed E-state index contributed by atoms with van der Waals surface area (Å²) in [5.41, 5.74) is 0.0610. The Morgan fingerprint density at radius 2 is 2.25 bits per heavy atom. The predicted molar refractivity (Wildman–Crippen MR) is 80.6 cm³/mol. The van der Waals surface area contributed by atoms with Crippen LogP contribution in [0.15, 0.2) is 0 Å². The van der Waals surface area contributed by atoms with E-state index in [4.69, 9.17) is 4.74 Å². The van der Waals surface area contributed by atoms with Crippen LogP contribution in [0.5, 0.6) is 0 Å². The zero-order valence-electron chi connectivity index (χ0n) is 13.2. The Kier molecular flexibility index (Phi) is 5.44. The van der Waals surface area contributed by atoms with Crippen molar-refractivity contribution in [3.8, 4) is 0 Å². The van der Waals surface area contributed by atoms with Crippen molar-refractivity contribution < 1.29 is 9.53 Å². The molecule has 4 nitrogen and oxygen atoms in total. The highest BCUT2D eigenvalue weighted by molar-refractivity contribution is 5.79. The van der Waals surface area contributed by atoms with Gasteiger partial charge in [0.15, 0.2) is 0 Å². The lowest BCUT2D eigenvalue weighted by atomic mass is 9.64. The number of unbranched alkanes of at least 4 members (excludes halogenated alkanes) is 1. The molecule has 0 aromatic carbocycles. The van der Waals surface area contributed by atoms with Crippen molar-refractivity contribution in [2.75, 3.05) is 19.7 Å². The molecule has 1 heterocycles. The normalized spacial score (nSPS) is 32.5. The fourth-order valence-corrected chi connectivity index (χ4v) is 3.15. The first-order valence-electron chi connectivity index (χ1n) is 8.18. The highest BCUT2D eigenvalue weighted by Crippen LogP contribution is 2.43. The maximum Gasteiger partial charge on any atom is 0.224 e. The molecule has 1 saturated heterocycles. The van der Waals surface area contributed by atoms with Crippen LogP contribution in [-0.4, -0.2) is 37.7 Å². The minimum absolute atomic E-state index is 0.0610. The van der Waals surface area contributed by atoms with Crippen LogP contribution in [0, 0.1) is 11.3 Å². The third kappa shape index (κ3) is 3.53. The van der Waals surface area contributed by atoms with Gasteiger partial charge in [0, 0.05) is 24.6 Å². The maximum absolute atomic E-state index is 12.3. The van der Waals surface area contributed by atoms with Gasteiger partial charge in [-0.3, -0.25) is 4.79 Å². The Hall–Kier alpha value is -0.610. The van der Waals surface area contributed by atoms with E-state index in [1.807, 2.05) is 0 Å². The van der Waals surface area contributed by atoms with Gasteiger partial charge in [-0.2, -0.15) is 0 Å². The molecule has 1 saturated carbocycles. The van der Waals surface area contributed by atoms with Crippen LogP contribution in [0.3, 0.4) is 0 Å². The molecule has 3 atom stereocenters. The van der Waals surface area contributed by atoms with Crippen LogP contribution in [0.4, 0.5) is 0 Å². The second-order valence-corrected chi connectivity index (χ2v) is 6.87. The number of hydrogen-bond donors (Lipinski definition) is 2. The average Bonchev–Trinajstić information content (AvgIpc) is 2.46. The van der Waals surface area contributed by atoms with Gasteiger partial charge in [-0.25, -0.2) is 0 Å². The third-order valence-electron chi connectivity index (χ3n) is 4.98. The highest BCUT2D eigenvalue weighted by Gasteiger charge is 2.49. The molecule has 4 heteroatoms. The van der Waals surface area contributed by atoms with Gasteiger partial charge in [0.1, 0.15) is 0 Å². The number of piperidine rings is 1. The summed E-state index contributed by atoms with van der Waals surface area (Å²) < 4.78 is 5.93. The molecular formula is C16H30N2O2. The fraction of sp³-hybridized carbons (Fsp3) is 0.938. The van der Waals surface area contributed by atoms with Crippen molar-refractivity contribution >= 4 is 5.91 Å².